The number of hydrogen-bond acceptors (Lipinski definition) is 4. The monoisotopic (exact) mass is 242 g/mol. The molecular weight excluding hydrogens is 232 g/mol. The smallest absolute Gasteiger partial charge is 0.335 e. The molecule has 0 unspecified atom stereocenters. The second-order valence-electron chi connectivity index (χ2n) is 3.38. The van der Waals surface area contributed by atoms with Crippen LogP contribution < -0.4 is 0 Å². The molecule has 0 atom stereocenters. The average molecular weight is 242 g/mol. The predicted octanol–water partition coefficient (Wildman–Crippen LogP) is 0.612. The summed E-state index contributed by atoms with van der Waals surface area (Å²) in [5.74, 6) is -2.38. The molecule has 0 bridgehead atoms. The summed E-state index contributed by atoms with van der Waals surface area (Å²) < 4.78 is 21.8. The number of sulfone groups is 1. The molecule has 0 radical (unpaired) electrons. The molecular formula is C10H10O5S. The molecule has 0 fully saturated rings. The van der Waals surface area contributed by atoms with Crippen LogP contribution in [0.1, 0.15) is 20.7 Å². The second kappa shape index (κ2) is 4.44. The van der Waals surface area contributed by atoms with E-state index in [9.17, 15) is 18.0 Å². The topological polar surface area (TPSA) is 88.5 Å². The summed E-state index contributed by atoms with van der Waals surface area (Å²) in [4.78, 5) is 22.1. The van der Waals surface area contributed by atoms with Gasteiger partial charge in [0.2, 0.25) is 0 Å². The van der Waals surface area contributed by atoms with Gasteiger partial charge in [0, 0.05) is 11.8 Å². The van der Waals surface area contributed by atoms with E-state index in [4.69, 9.17) is 5.11 Å². The third-order valence-corrected chi connectivity index (χ3v) is 2.61. The molecule has 1 aromatic carbocycles. The third-order valence-electron chi connectivity index (χ3n) is 1.82. The zero-order valence-electron chi connectivity index (χ0n) is 8.50. The lowest BCUT2D eigenvalue weighted by Crippen LogP contribution is -2.15. The van der Waals surface area contributed by atoms with Crippen LogP contribution in [0.2, 0.25) is 0 Å². The van der Waals surface area contributed by atoms with Crippen molar-refractivity contribution in [2.24, 2.45) is 0 Å². The molecule has 0 aliphatic rings. The molecule has 0 aliphatic carbocycles. The van der Waals surface area contributed by atoms with Crippen LogP contribution in [-0.4, -0.2) is 37.3 Å². The zero-order valence-corrected chi connectivity index (χ0v) is 9.32. The Balaban J connectivity index is 3.01. The van der Waals surface area contributed by atoms with Crippen molar-refractivity contribution in [1.82, 2.24) is 0 Å². The first-order chi connectivity index (χ1) is 7.29. The number of aromatic carboxylic acids is 1. The molecule has 0 saturated carbocycles. The van der Waals surface area contributed by atoms with Gasteiger partial charge in [-0.2, -0.15) is 0 Å². The van der Waals surface area contributed by atoms with Crippen LogP contribution in [0, 0.1) is 0 Å². The van der Waals surface area contributed by atoms with Crippen LogP contribution in [0.15, 0.2) is 24.3 Å². The van der Waals surface area contributed by atoms with E-state index in [1.54, 1.807) is 0 Å². The van der Waals surface area contributed by atoms with Gasteiger partial charge in [0.25, 0.3) is 0 Å². The van der Waals surface area contributed by atoms with E-state index in [-0.39, 0.29) is 11.1 Å². The number of Topliss-reactive ketones (excluding diaryl/α,β-unsaturated/α-hetero) is 1. The van der Waals surface area contributed by atoms with Crippen molar-refractivity contribution in [1.29, 1.82) is 0 Å². The van der Waals surface area contributed by atoms with Crippen molar-refractivity contribution in [2.45, 2.75) is 0 Å². The van der Waals surface area contributed by atoms with E-state index in [0.29, 0.717) is 0 Å². The van der Waals surface area contributed by atoms with Crippen molar-refractivity contribution in [3.05, 3.63) is 35.4 Å². The van der Waals surface area contributed by atoms with E-state index in [0.717, 1.165) is 12.3 Å². The van der Waals surface area contributed by atoms with Crippen molar-refractivity contribution in [2.75, 3.05) is 12.0 Å². The number of carbonyl (C=O) groups is 2. The molecule has 86 valence electrons. The van der Waals surface area contributed by atoms with Gasteiger partial charge >= 0.3 is 5.97 Å². The molecule has 0 aromatic heterocycles. The molecule has 0 saturated heterocycles. The lowest BCUT2D eigenvalue weighted by Gasteiger charge is -2.00. The number of rotatable bonds is 4. The summed E-state index contributed by atoms with van der Waals surface area (Å²) in [6, 6.07) is 5.29. The molecule has 0 spiro atoms. The van der Waals surface area contributed by atoms with E-state index < -0.39 is 27.3 Å². The summed E-state index contributed by atoms with van der Waals surface area (Å²) in [5.41, 5.74) is 0.0460. The van der Waals surface area contributed by atoms with Crippen molar-refractivity contribution in [3.8, 4) is 0 Å². The normalized spacial score (nSPS) is 11.1. The van der Waals surface area contributed by atoms with E-state index in [2.05, 4.69) is 0 Å². The van der Waals surface area contributed by atoms with Gasteiger partial charge in [-0.15, -0.1) is 0 Å². The highest BCUT2D eigenvalue weighted by Gasteiger charge is 2.14. The number of ketones is 1. The SMILES string of the molecule is CS(=O)(=O)CC(=O)c1cccc(C(=O)O)c1. The fraction of sp³-hybridized carbons (Fsp3) is 0.200. The summed E-state index contributed by atoms with van der Waals surface area (Å²) in [6.45, 7) is 0. The van der Waals surface area contributed by atoms with Crippen LogP contribution >= 0.6 is 0 Å². The largest absolute Gasteiger partial charge is 0.478 e. The number of benzene rings is 1. The fourth-order valence-electron chi connectivity index (χ4n) is 1.15. The Kier molecular flexibility index (Phi) is 3.44. The Morgan fingerprint density at radius 1 is 1.25 bits per heavy atom. The lowest BCUT2D eigenvalue weighted by atomic mass is 10.1. The maximum absolute atomic E-state index is 11.5. The van der Waals surface area contributed by atoms with E-state index in [1.807, 2.05) is 0 Å². The zero-order chi connectivity index (χ0) is 12.3. The molecule has 1 N–H and O–H groups in total. The first kappa shape index (κ1) is 12.4. The van der Waals surface area contributed by atoms with Crippen LogP contribution in [0.4, 0.5) is 0 Å². The minimum atomic E-state index is -3.40. The minimum absolute atomic E-state index is 0.0423. The fourth-order valence-corrected chi connectivity index (χ4v) is 1.79. The Morgan fingerprint density at radius 2 is 1.81 bits per heavy atom. The highest BCUT2D eigenvalue weighted by molar-refractivity contribution is 7.91. The van der Waals surface area contributed by atoms with Crippen molar-refractivity contribution >= 4 is 21.6 Å². The van der Waals surface area contributed by atoms with E-state index >= 15 is 0 Å². The van der Waals surface area contributed by atoms with Crippen LogP contribution in [-0.2, 0) is 9.84 Å². The van der Waals surface area contributed by atoms with Crippen LogP contribution in [0.25, 0.3) is 0 Å². The summed E-state index contributed by atoms with van der Waals surface area (Å²) in [7, 11) is -3.40. The van der Waals surface area contributed by atoms with Gasteiger partial charge in [-0.1, -0.05) is 12.1 Å². The summed E-state index contributed by atoms with van der Waals surface area (Å²) in [5, 5.41) is 8.69. The average Bonchev–Trinajstić information content (AvgIpc) is 2.15. The Morgan fingerprint density at radius 3 is 2.31 bits per heavy atom. The van der Waals surface area contributed by atoms with Gasteiger partial charge in [-0.3, -0.25) is 4.79 Å². The lowest BCUT2D eigenvalue weighted by molar-refractivity contribution is 0.0697. The van der Waals surface area contributed by atoms with Gasteiger partial charge in [0.1, 0.15) is 5.75 Å². The van der Waals surface area contributed by atoms with Crippen molar-refractivity contribution in [3.63, 3.8) is 0 Å². The quantitative estimate of drug-likeness (QED) is 0.781. The Bertz CT molecular complexity index is 530. The Labute approximate surface area is 92.6 Å². The standard InChI is InChI=1S/C10H10O5S/c1-16(14,15)6-9(11)7-3-2-4-8(5-7)10(12)13/h2-5H,6H2,1H3,(H,12,13). The molecule has 5 nitrogen and oxygen atoms in total. The molecule has 1 rings (SSSR count). The summed E-state index contributed by atoms with van der Waals surface area (Å²) >= 11 is 0. The number of carboxylic acids is 1. The van der Waals surface area contributed by atoms with Gasteiger partial charge < -0.3 is 5.11 Å². The maximum Gasteiger partial charge on any atom is 0.335 e. The summed E-state index contributed by atoms with van der Waals surface area (Å²) in [6.07, 6.45) is 0.950. The minimum Gasteiger partial charge on any atom is -0.478 e. The second-order valence-corrected chi connectivity index (χ2v) is 5.52. The third kappa shape index (κ3) is 3.47. The Hall–Kier alpha value is -1.69. The van der Waals surface area contributed by atoms with Crippen LogP contribution in [0.5, 0.6) is 0 Å². The molecule has 0 aliphatic heterocycles. The molecule has 16 heavy (non-hydrogen) atoms. The molecule has 0 amide bonds. The first-order valence-corrected chi connectivity index (χ1v) is 6.40. The maximum atomic E-state index is 11.5. The van der Waals surface area contributed by atoms with Gasteiger partial charge in [0.05, 0.1) is 5.56 Å². The number of carbonyl (C=O) groups excluding carboxylic acids is 1. The van der Waals surface area contributed by atoms with Gasteiger partial charge in [-0.05, 0) is 12.1 Å². The molecule has 1 aromatic rings. The molecule has 6 heteroatoms. The number of carboxylic acid groups (broad SMARTS) is 1. The predicted molar refractivity (Wildman–Crippen MR) is 57.4 cm³/mol. The first-order valence-electron chi connectivity index (χ1n) is 4.34. The number of hydrogen-bond donors (Lipinski definition) is 1. The van der Waals surface area contributed by atoms with Crippen LogP contribution in [0.3, 0.4) is 0 Å². The van der Waals surface area contributed by atoms with Gasteiger partial charge in [-0.25, -0.2) is 13.2 Å². The molecule has 0 heterocycles. The van der Waals surface area contributed by atoms with Gasteiger partial charge in [0.15, 0.2) is 15.6 Å². The van der Waals surface area contributed by atoms with E-state index in [1.165, 1.54) is 18.2 Å². The van der Waals surface area contributed by atoms with Crippen molar-refractivity contribution < 1.29 is 23.1 Å². The highest BCUT2D eigenvalue weighted by atomic mass is 32.2. The highest BCUT2D eigenvalue weighted by Crippen LogP contribution is 2.07.